The first-order chi connectivity index (χ1) is 12.6. The number of hydrogen-bond donors (Lipinski definition) is 0. The van der Waals surface area contributed by atoms with Crippen molar-refractivity contribution in [2.45, 2.75) is 19.5 Å². The lowest BCUT2D eigenvalue weighted by Crippen LogP contribution is -2.29. The fourth-order valence-electron chi connectivity index (χ4n) is 3.37. The van der Waals surface area contributed by atoms with Crippen LogP contribution >= 0.6 is 11.3 Å². The SMILES string of the molecule is CN(C)C(=O)c1cc2c(s1)CCN(Cc1ccccc1-n1cccn1)C2. The largest absolute Gasteiger partial charge is 0.344 e. The summed E-state index contributed by atoms with van der Waals surface area (Å²) >= 11 is 1.65. The number of aromatic nitrogens is 2. The van der Waals surface area contributed by atoms with E-state index in [0.717, 1.165) is 36.6 Å². The van der Waals surface area contributed by atoms with Crippen LogP contribution in [0.3, 0.4) is 0 Å². The molecule has 1 amide bonds. The molecule has 0 atom stereocenters. The summed E-state index contributed by atoms with van der Waals surface area (Å²) in [6.45, 7) is 2.78. The minimum absolute atomic E-state index is 0.0972. The van der Waals surface area contributed by atoms with E-state index in [1.54, 1.807) is 36.5 Å². The van der Waals surface area contributed by atoms with Gasteiger partial charge in [0, 0.05) is 51.0 Å². The van der Waals surface area contributed by atoms with Crippen LogP contribution in [0.25, 0.3) is 5.69 Å². The number of carbonyl (C=O) groups excluding carboxylic acids is 1. The lowest BCUT2D eigenvalue weighted by Gasteiger charge is -2.27. The van der Waals surface area contributed by atoms with E-state index < -0.39 is 0 Å². The van der Waals surface area contributed by atoms with E-state index in [2.05, 4.69) is 34.3 Å². The Bertz CT molecular complexity index is 914. The van der Waals surface area contributed by atoms with Crippen LogP contribution in [0.5, 0.6) is 0 Å². The molecule has 2 aromatic heterocycles. The number of thiophene rings is 1. The van der Waals surface area contributed by atoms with E-state index in [1.807, 2.05) is 23.0 Å². The van der Waals surface area contributed by atoms with Crippen molar-refractivity contribution in [3.05, 3.63) is 69.7 Å². The van der Waals surface area contributed by atoms with E-state index >= 15 is 0 Å². The molecule has 0 N–H and O–H groups in total. The number of amides is 1. The van der Waals surface area contributed by atoms with Gasteiger partial charge in [0.2, 0.25) is 0 Å². The molecule has 0 saturated heterocycles. The van der Waals surface area contributed by atoms with Crippen molar-refractivity contribution in [3.8, 4) is 5.69 Å². The van der Waals surface area contributed by atoms with Crippen LogP contribution in [-0.4, -0.2) is 46.1 Å². The van der Waals surface area contributed by atoms with Crippen molar-refractivity contribution >= 4 is 17.2 Å². The quantitative estimate of drug-likeness (QED) is 0.712. The van der Waals surface area contributed by atoms with Crippen LogP contribution in [0.4, 0.5) is 0 Å². The normalized spacial score (nSPS) is 14.2. The number of carbonyl (C=O) groups is 1. The lowest BCUT2D eigenvalue weighted by atomic mass is 10.1. The maximum absolute atomic E-state index is 12.2. The van der Waals surface area contributed by atoms with Crippen LogP contribution in [0.1, 0.15) is 25.7 Å². The van der Waals surface area contributed by atoms with Gasteiger partial charge in [-0.1, -0.05) is 18.2 Å². The minimum Gasteiger partial charge on any atom is -0.344 e. The van der Waals surface area contributed by atoms with Crippen molar-refractivity contribution in [1.82, 2.24) is 19.6 Å². The third kappa shape index (κ3) is 3.30. The predicted molar refractivity (Wildman–Crippen MR) is 104 cm³/mol. The molecule has 134 valence electrons. The van der Waals surface area contributed by atoms with Crippen molar-refractivity contribution in [1.29, 1.82) is 0 Å². The van der Waals surface area contributed by atoms with E-state index in [0.29, 0.717) is 0 Å². The van der Waals surface area contributed by atoms with Gasteiger partial charge in [0.25, 0.3) is 5.91 Å². The van der Waals surface area contributed by atoms with Gasteiger partial charge < -0.3 is 4.90 Å². The van der Waals surface area contributed by atoms with Gasteiger partial charge in [0.15, 0.2) is 0 Å². The predicted octanol–water partition coefficient (Wildman–Crippen LogP) is 3.19. The lowest BCUT2D eigenvalue weighted by molar-refractivity contribution is 0.0832. The number of rotatable bonds is 4. The zero-order valence-electron chi connectivity index (χ0n) is 15.1. The van der Waals surface area contributed by atoms with Gasteiger partial charge in [-0.15, -0.1) is 11.3 Å². The molecule has 4 rings (SSSR count). The molecule has 0 fully saturated rings. The monoisotopic (exact) mass is 366 g/mol. The maximum atomic E-state index is 12.2. The highest BCUT2D eigenvalue weighted by Gasteiger charge is 2.22. The summed E-state index contributed by atoms with van der Waals surface area (Å²) in [5.74, 6) is 0.0972. The molecule has 1 aliphatic heterocycles. The Morgan fingerprint density at radius 3 is 2.88 bits per heavy atom. The molecule has 3 aromatic rings. The Labute approximate surface area is 157 Å². The highest BCUT2D eigenvalue weighted by Crippen LogP contribution is 2.30. The smallest absolute Gasteiger partial charge is 0.263 e. The summed E-state index contributed by atoms with van der Waals surface area (Å²) in [6.07, 6.45) is 4.79. The number of nitrogens with zero attached hydrogens (tertiary/aromatic N) is 4. The van der Waals surface area contributed by atoms with Crippen LogP contribution in [-0.2, 0) is 19.5 Å². The second-order valence-electron chi connectivity index (χ2n) is 6.80. The summed E-state index contributed by atoms with van der Waals surface area (Å²) in [6, 6.07) is 12.4. The molecule has 0 unspecified atom stereocenters. The molecule has 5 nitrogen and oxygen atoms in total. The van der Waals surface area contributed by atoms with Gasteiger partial charge >= 0.3 is 0 Å². The van der Waals surface area contributed by atoms with E-state index in [-0.39, 0.29) is 5.91 Å². The summed E-state index contributed by atoms with van der Waals surface area (Å²) in [5.41, 5.74) is 3.68. The Morgan fingerprint density at radius 1 is 1.27 bits per heavy atom. The van der Waals surface area contributed by atoms with E-state index in [1.165, 1.54) is 16.0 Å². The topological polar surface area (TPSA) is 41.4 Å². The fourth-order valence-corrected chi connectivity index (χ4v) is 4.56. The molecule has 1 aliphatic rings. The number of fused-ring (bicyclic) bond motifs is 1. The first-order valence-electron chi connectivity index (χ1n) is 8.75. The average molecular weight is 366 g/mol. The van der Waals surface area contributed by atoms with E-state index in [4.69, 9.17) is 0 Å². The number of benzene rings is 1. The van der Waals surface area contributed by atoms with Crippen LogP contribution in [0.15, 0.2) is 48.8 Å². The molecule has 6 heteroatoms. The zero-order valence-corrected chi connectivity index (χ0v) is 15.9. The van der Waals surface area contributed by atoms with Gasteiger partial charge in [0.05, 0.1) is 10.6 Å². The first kappa shape index (κ1) is 17.0. The summed E-state index contributed by atoms with van der Waals surface area (Å²) in [7, 11) is 3.61. The highest BCUT2D eigenvalue weighted by atomic mass is 32.1. The highest BCUT2D eigenvalue weighted by molar-refractivity contribution is 7.14. The standard InChI is InChI=1S/C20H22N4OS/c1-22(2)20(25)19-12-16-14-23(11-8-18(16)26-19)13-15-6-3-4-7-17(15)24-10-5-9-21-24/h3-7,9-10,12H,8,11,13-14H2,1-2H3. The third-order valence-electron chi connectivity index (χ3n) is 4.70. The Kier molecular flexibility index (Phi) is 4.61. The van der Waals surface area contributed by atoms with Crippen molar-refractivity contribution in [2.24, 2.45) is 0 Å². The number of para-hydroxylation sites is 1. The molecule has 1 aromatic carbocycles. The van der Waals surface area contributed by atoms with Crippen LogP contribution in [0, 0.1) is 0 Å². The second kappa shape index (κ2) is 7.05. The number of hydrogen-bond acceptors (Lipinski definition) is 4. The zero-order chi connectivity index (χ0) is 18.1. The Balaban J connectivity index is 1.53. The Hall–Kier alpha value is -2.44. The second-order valence-corrected chi connectivity index (χ2v) is 7.94. The first-order valence-corrected chi connectivity index (χ1v) is 9.57. The molecule has 0 aliphatic carbocycles. The molecule has 0 bridgehead atoms. The van der Waals surface area contributed by atoms with Gasteiger partial charge in [-0.25, -0.2) is 4.68 Å². The van der Waals surface area contributed by atoms with Crippen molar-refractivity contribution in [3.63, 3.8) is 0 Å². The minimum atomic E-state index is 0.0972. The van der Waals surface area contributed by atoms with Gasteiger partial charge in [-0.2, -0.15) is 5.10 Å². The Morgan fingerprint density at radius 2 is 2.12 bits per heavy atom. The average Bonchev–Trinajstić information content (AvgIpc) is 3.30. The fraction of sp³-hybridized carbons (Fsp3) is 0.300. The molecular formula is C20H22N4OS. The molecule has 0 radical (unpaired) electrons. The summed E-state index contributed by atoms with van der Waals surface area (Å²) in [4.78, 5) is 18.5. The van der Waals surface area contributed by atoms with Crippen molar-refractivity contribution in [2.75, 3.05) is 20.6 Å². The molecule has 0 saturated carbocycles. The molecular weight excluding hydrogens is 344 g/mol. The van der Waals surface area contributed by atoms with Gasteiger partial charge in [-0.05, 0) is 35.7 Å². The van der Waals surface area contributed by atoms with Crippen LogP contribution in [0.2, 0.25) is 0 Å². The van der Waals surface area contributed by atoms with E-state index in [9.17, 15) is 4.79 Å². The summed E-state index contributed by atoms with van der Waals surface area (Å²) < 4.78 is 1.92. The molecule has 3 heterocycles. The van der Waals surface area contributed by atoms with Gasteiger partial charge in [-0.3, -0.25) is 9.69 Å². The van der Waals surface area contributed by atoms with Gasteiger partial charge in [0.1, 0.15) is 0 Å². The maximum Gasteiger partial charge on any atom is 0.263 e. The molecule has 0 spiro atoms. The van der Waals surface area contributed by atoms with Crippen LogP contribution < -0.4 is 0 Å². The summed E-state index contributed by atoms with van der Waals surface area (Å²) in [5, 5.41) is 4.37. The molecule has 26 heavy (non-hydrogen) atoms. The van der Waals surface area contributed by atoms with Crippen molar-refractivity contribution < 1.29 is 4.79 Å². The third-order valence-corrected chi connectivity index (χ3v) is 5.92.